The molecule has 0 saturated heterocycles. The molecule has 0 aliphatic carbocycles. The second kappa shape index (κ2) is 7.06. The summed E-state index contributed by atoms with van der Waals surface area (Å²) in [4.78, 5) is 0. The average molecular weight is 287 g/mol. The molecule has 0 saturated carbocycles. The molecule has 0 radical (unpaired) electrons. The molecule has 0 aromatic heterocycles. The lowest BCUT2D eigenvalue weighted by Crippen LogP contribution is -1.86. The SMILES string of the molecule is CC(/C=C(\Cl)c1cccc(F)c1)/C=C/c1ccccc1. The number of rotatable bonds is 4. The Bertz CT molecular complexity index is 614. The molecular formula is C18H16ClF. The maximum atomic E-state index is 13.1. The van der Waals surface area contributed by atoms with Gasteiger partial charge in [-0.05, 0) is 29.2 Å². The van der Waals surface area contributed by atoms with Gasteiger partial charge in [-0.3, -0.25) is 0 Å². The zero-order valence-electron chi connectivity index (χ0n) is 11.3. The Morgan fingerprint density at radius 2 is 1.85 bits per heavy atom. The fourth-order valence-electron chi connectivity index (χ4n) is 1.85. The molecule has 0 N–H and O–H groups in total. The van der Waals surface area contributed by atoms with Crippen molar-refractivity contribution >= 4 is 22.7 Å². The maximum Gasteiger partial charge on any atom is 0.123 e. The molecule has 1 atom stereocenters. The number of hydrogen-bond acceptors (Lipinski definition) is 0. The molecule has 0 aliphatic rings. The number of halogens is 2. The van der Waals surface area contributed by atoms with Crippen LogP contribution in [0.5, 0.6) is 0 Å². The largest absolute Gasteiger partial charge is 0.207 e. The van der Waals surface area contributed by atoms with Gasteiger partial charge in [-0.1, -0.05) is 79.2 Å². The van der Waals surface area contributed by atoms with E-state index in [9.17, 15) is 4.39 Å². The summed E-state index contributed by atoms with van der Waals surface area (Å²) in [5.74, 6) is -0.104. The summed E-state index contributed by atoms with van der Waals surface area (Å²) in [5, 5.41) is 0.565. The van der Waals surface area contributed by atoms with Crippen molar-refractivity contribution in [2.24, 2.45) is 5.92 Å². The van der Waals surface area contributed by atoms with Crippen molar-refractivity contribution in [1.82, 2.24) is 0 Å². The van der Waals surface area contributed by atoms with E-state index in [1.807, 2.05) is 43.3 Å². The van der Waals surface area contributed by atoms with Crippen LogP contribution in [0.3, 0.4) is 0 Å². The van der Waals surface area contributed by atoms with Crippen molar-refractivity contribution in [1.29, 1.82) is 0 Å². The minimum Gasteiger partial charge on any atom is -0.207 e. The van der Waals surface area contributed by atoms with Crippen LogP contribution in [0.1, 0.15) is 18.1 Å². The monoisotopic (exact) mass is 286 g/mol. The lowest BCUT2D eigenvalue weighted by molar-refractivity contribution is 0.627. The summed E-state index contributed by atoms with van der Waals surface area (Å²) >= 11 is 6.22. The topological polar surface area (TPSA) is 0 Å². The predicted molar refractivity (Wildman–Crippen MR) is 84.9 cm³/mol. The molecule has 20 heavy (non-hydrogen) atoms. The van der Waals surface area contributed by atoms with Crippen LogP contribution in [0.15, 0.2) is 66.7 Å². The standard InChI is InChI=1S/C18H16ClF/c1-14(10-11-15-6-3-2-4-7-15)12-18(19)16-8-5-9-17(20)13-16/h2-14H,1H3/b11-10+,18-12-. The number of benzene rings is 2. The molecule has 0 heterocycles. The Morgan fingerprint density at radius 1 is 1.10 bits per heavy atom. The smallest absolute Gasteiger partial charge is 0.123 e. The summed E-state index contributed by atoms with van der Waals surface area (Å²) in [6, 6.07) is 16.4. The van der Waals surface area contributed by atoms with Gasteiger partial charge in [0.1, 0.15) is 5.82 Å². The zero-order chi connectivity index (χ0) is 14.4. The molecule has 102 valence electrons. The van der Waals surface area contributed by atoms with E-state index in [2.05, 4.69) is 12.2 Å². The third-order valence-corrected chi connectivity index (χ3v) is 3.25. The van der Waals surface area contributed by atoms with Crippen molar-refractivity contribution in [3.63, 3.8) is 0 Å². The van der Waals surface area contributed by atoms with E-state index in [1.165, 1.54) is 12.1 Å². The molecule has 0 bridgehead atoms. The highest BCUT2D eigenvalue weighted by Gasteiger charge is 2.01. The molecule has 2 aromatic rings. The van der Waals surface area contributed by atoms with Gasteiger partial charge in [-0.2, -0.15) is 0 Å². The third kappa shape index (κ3) is 4.36. The van der Waals surface area contributed by atoms with E-state index in [4.69, 9.17) is 11.6 Å². The van der Waals surface area contributed by atoms with Crippen LogP contribution in [-0.2, 0) is 0 Å². The first-order valence-electron chi connectivity index (χ1n) is 6.51. The van der Waals surface area contributed by atoms with Gasteiger partial charge in [0.2, 0.25) is 0 Å². The van der Waals surface area contributed by atoms with E-state index in [0.717, 1.165) is 5.56 Å². The van der Waals surface area contributed by atoms with E-state index in [1.54, 1.807) is 12.1 Å². The Balaban J connectivity index is 2.08. The maximum absolute atomic E-state index is 13.1. The van der Waals surface area contributed by atoms with Gasteiger partial charge in [0.25, 0.3) is 0 Å². The highest BCUT2D eigenvalue weighted by atomic mass is 35.5. The van der Waals surface area contributed by atoms with E-state index in [-0.39, 0.29) is 11.7 Å². The summed E-state index contributed by atoms with van der Waals surface area (Å²) in [6.07, 6.45) is 6.03. The van der Waals surface area contributed by atoms with Crippen molar-refractivity contribution in [2.45, 2.75) is 6.92 Å². The lowest BCUT2D eigenvalue weighted by atomic mass is 10.1. The van der Waals surface area contributed by atoms with Gasteiger partial charge in [0, 0.05) is 5.03 Å². The minimum absolute atomic E-state index is 0.172. The molecule has 0 nitrogen and oxygen atoms in total. The Hall–Kier alpha value is -1.86. The molecular weight excluding hydrogens is 271 g/mol. The Kier molecular flexibility index (Phi) is 5.14. The van der Waals surface area contributed by atoms with E-state index >= 15 is 0 Å². The van der Waals surface area contributed by atoms with Gasteiger partial charge >= 0.3 is 0 Å². The second-order valence-electron chi connectivity index (χ2n) is 4.65. The summed E-state index contributed by atoms with van der Waals surface area (Å²) in [6.45, 7) is 2.04. The highest BCUT2D eigenvalue weighted by Crippen LogP contribution is 2.22. The summed E-state index contributed by atoms with van der Waals surface area (Å²) < 4.78 is 13.1. The predicted octanol–water partition coefficient (Wildman–Crippen LogP) is 5.75. The molecule has 0 fully saturated rings. The summed E-state index contributed by atoms with van der Waals surface area (Å²) in [5.41, 5.74) is 1.85. The lowest BCUT2D eigenvalue weighted by Gasteiger charge is -2.03. The van der Waals surface area contributed by atoms with Gasteiger partial charge in [0.05, 0.1) is 0 Å². The zero-order valence-corrected chi connectivity index (χ0v) is 12.0. The van der Waals surface area contributed by atoms with Crippen LogP contribution < -0.4 is 0 Å². The molecule has 0 aliphatic heterocycles. The third-order valence-electron chi connectivity index (χ3n) is 2.90. The first kappa shape index (κ1) is 14.5. The Morgan fingerprint density at radius 3 is 2.55 bits per heavy atom. The number of hydrogen-bond donors (Lipinski definition) is 0. The fraction of sp³-hybridized carbons (Fsp3) is 0.111. The average Bonchev–Trinajstić information content (AvgIpc) is 2.46. The first-order valence-corrected chi connectivity index (χ1v) is 6.89. The van der Waals surface area contributed by atoms with Crippen LogP contribution >= 0.6 is 11.6 Å². The van der Waals surface area contributed by atoms with E-state index < -0.39 is 0 Å². The Labute approximate surface area is 124 Å². The van der Waals surface area contributed by atoms with Crippen LogP contribution in [0.25, 0.3) is 11.1 Å². The van der Waals surface area contributed by atoms with Crippen molar-refractivity contribution in [3.8, 4) is 0 Å². The molecule has 2 aromatic carbocycles. The van der Waals surface area contributed by atoms with Crippen LogP contribution in [0.4, 0.5) is 4.39 Å². The van der Waals surface area contributed by atoms with Gasteiger partial charge in [-0.15, -0.1) is 0 Å². The van der Waals surface area contributed by atoms with Crippen LogP contribution in [0, 0.1) is 11.7 Å². The highest BCUT2D eigenvalue weighted by molar-refractivity contribution is 6.48. The molecule has 0 amide bonds. The van der Waals surface area contributed by atoms with Crippen LogP contribution in [-0.4, -0.2) is 0 Å². The molecule has 2 rings (SSSR count). The summed E-state index contributed by atoms with van der Waals surface area (Å²) in [7, 11) is 0. The van der Waals surface area contributed by atoms with Crippen LogP contribution in [0.2, 0.25) is 0 Å². The molecule has 2 heteroatoms. The minimum atomic E-state index is -0.276. The normalized spacial score (nSPS) is 13.7. The van der Waals surface area contributed by atoms with Gasteiger partial charge in [-0.25, -0.2) is 4.39 Å². The van der Waals surface area contributed by atoms with E-state index in [0.29, 0.717) is 10.6 Å². The van der Waals surface area contributed by atoms with Gasteiger partial charge in [0.15, 0.2) is 0 Å². The fourth-order valence-corrected chi connectivity index (χ4v) is 2.16. The van der Waals surface area contributed by atoms with Crippen molar-refractivity contribution in [2.75, 3.05) is 0 Å². The van der Waals surface area contributed by atoms with Gasteiger partial charge < -0.3 is 0 Å². The molecule has 0 spiro atoms. The first-order chi connectivity index (χ1) is 9.65. The molecule has 1 unspecified atom stereocenters. The number of allylic oxidation sites excluding steroid dienone is 2. The second-order valence-corrected chi connectivity index (χ2v) is 5.06. The quantitative estimate of drug-likeness (QED) is 0.671. The van der Waals surface area contributed by atoms with Crippen molar-refractivity contribution in [3.05, 3.63) is 83.7 Å². The van der Waals surface area contributed by atoms with Crippen molar-refractivity contribution < 1.29 is 4.39 Å².